The van der Waals surface area contributed by atoms with E-state index in [1.54, 1.807) is 0 Å². The molecule has 0 saturated carbocycles. The van der Waals surface area contributed by atoms with E-state index in [0.29, 0.717) is 5.75 Å². The summed E-state index contributed by atoms with van der Waals surface area (Å²) >= 11 is 0. The van der Waals surface area contributed by atoms with Crippen LogP contribution < -0.4 is 10.5 Å². The van der Waals surface area contributed by atoms with E-state index in [1.165, 1.54) is 12.1 Å². The summed E-state index contributed by atoms with van der Waals surface area (Å²) in [6.07, 6.45) is 1.12. The fourth-order valence-electron chi connectivity index (χ4n) is 0.954. The highest BCUT2D eigenvalue weighted by Crippen LogP contribution is 2.21. The number of nitrogens with two attached hydrogens (primary N) is 1. The summed E-state index contributed by atoms with van der Waals surface area (Å²) in [5.41, 5.74) is 5.61. The topological polar surface area (TPSA) is 69.4 Å². The third-order valence-corrected chi connectivity index (χ3v) is 2.59. The van der Waals surface area contributed by atoms with E-state index in [4.69, 9.17) is 10.5 Å². The van der Waals surface area contributed by atoms with Gasteiger partial charge in [0.2, 0.25) is 0 Å². The number of sulfone groups is 1. The number of hydrogen-bond donors (Lipinski definition) is 1. The van der Waals surface area contributed by atoms with Crippen LogP contribution >= 0.6 is 0 Å². The first-order chi connectivity index (χ1) is 6.88. The first kappa shape index (κ1) is 11.8. The number of hydrogen-bond acceptors (Lipinski definition) is 4. The lowest BCUT2D eigenvalue weighted by Crippen LogP contribution is -2.12. The number of rotatable bonds is 4. The molecule has 4 nitrogen and oxygen atoms in total. The predicted molar refractivity (Wildman–Crippen MR) is 56.0 cm³/mol. The van der Waals surface area contributed by atoms with Crippen LogP contribution in [0.5, 0.6) is 5.75 Å². The Bertz CT molecular complexity index is 445. The average molecular weight is 233 g/mol. The van der Waals surface area contributed by atoms with Crippen molar-refractivity contribution in [3.05, 3.63) is 24.0 Å². The Balaban J connectivity index is 2.59. The lowest BCUT2D eigenvalue weighted by molar-refractivity contribution is 0.342. The monoisotopic (exact) mass is 233 g/mol. The summed E-state index contributed by atoms with van der Waals surface area (Å²) in [7, 11) is -3.06. The van der Waals surface area contributed by atoms with Gasteiger partial charge in [0.25, 0.3) is 0 Å². The van der Waals surface area contributed by atoms with Crippen molar-refractivity contribution >= 4 is 15.5 Å². The molecule has 0 fully saturated rings. The third-order valence-electron chi connectivity index (χ3n) is 1.68. The number of benzene rings is 1. The quantitative estimate of drug-likeness (QED) is 0.782. The van der Waals surface area contributed by atoms with Crippen molar-refractivity contribution in [2.75, 3.05) is 24.3 Å². The molecule has 0 aromatic heterocycles. The highest BCUT2D eigenvalue weighted by Gasteiger charge is 2.05. The van der Waals surface area contributed by atoms with Gasteiger partial charge >= 0.3 is 0 Å². The highest BCUT2D eigenvalue weighted by molar-refractivity contribution is 7.90. The van der Waals surface area contributed by atoms with Gasteiger partial charge in [-0.2, -0.15) is 0 Å². The van der Waals surface area contributed by atoms with Gasteiger partial charge < -0.3 is 10.5 Å². The second-order valence-corrected chi connectivity index (χ2v) is 5.42. The van der Waals surface area contributed by atoms with Gasteiger partial charge in [-0.3, -0.25) is 0 Å². The van der Waals surface area contributed by atoms with Gasteiger partial charge in [-0.1, -0.05) is 0 Å². The molecule has 0 amide bonds. The van der Waals surface area contributed by atoms with E-state index in [-0.39, 0.29) is 18.0 Å². The Labute approximate surface area is 87.8 Å². The van der Waals surface area contributed by atoms with Crippen molar-refractivity contribution in [1.82, 2.24) is 0 Å². The lowest BCUT2D eigenvalue weighted by Gasteiger charge is -2.07. The SMILES string of the molecule is CS(=O)(=O)CCOc1ccc(F)cc1N. The molecule has 0 radical (unpaired) electrons. The minimum atomic E-state index is -3.06. The molecule has 0 unspecified atom stereocenters. The van der Waals surface area contributed by atoms with E-state index in [0.717, 1.165) is 12.3 Å². The standard InChI is InChI=1S/C9H12FNO3S/c1-15(12,13)5-4-14-9-3-2-7(10)6-8(9)11/h2-3,6H,4-5,11H2,1H3. The average Bonchev–Trinajstić information content (AvgIpc) is 2.07. The minimum absolute atomic E-state index is 0.00860. The Kier molecular flexibility index (Phi) is 3.52. The van der Waals surface area contributed by atoms with Crippen LogP contribution in [0.4, 0.5) is 10.1 Å². The molecule has 1 aromatic rings. The molecule has 0 spiro atoms. The van der Waals surface area contributed by atoms with Crippen molar-refractivity contribution in [3.63, 3.8) is 0 Å². The molecule has 2 N–H and O–H groups in total. The maximum Gasteiger partial charge on any atom is 0.150 e. The number of ether oxygens (including phenoxy) is 1. The third kappa shape index (κ3) is 4.16. The first-order valence-corrected chi connectivity index (χ1v) is 6.30. The Morgan fingerprint density at radius 1 is 1.47 bits per heavy atom. The van der Waals surface area contributed by atoms with Crippen LogP contribution in [0.3, 0.4) is 0 Å². The van der Waals surface area contributed by atoms with E-state index < -0.39 is 15.7 Å². The Hall–Kier alpha value is -1.30. The van der Waals surface area contributed by atoms with E-state index in [9.17, 15) is 12.8 Å². The van der Waals surface area contributed by atoms with Gasteiger partial charge in [0.15, 0.2) is 9.84 Å². The van der Waals surface area contributed by atoms with Gasteiger partial charge in [-0.15, -0.1) is 0 Å². The molecule has 0 aliphatic carbocycles. The fraction of sp³-hybridized carbons (Fsp3) is 0.333. The molecule has 0 bridgehead atoms. The molecule has 0 saturated heterocycles. The van der Waals surface area contributed by atoms with Crippen molar-refractivity contribution in [3.8, 4) is 5.75 Å². The maximum absolute atomic E-state index is 12.6. The van der Waals surface area contributed by atoms with Crippen LogP contribution in [-0.4, -0.2) is 27.0 Å². The molecule has 1 aromatic carbocycles. The molecular formula is C9H12FNO3S. The Morgan fingerprint density at radius 2 is 2.13 bits per heavy atom. The molecule has 0 aliphatic rings. The second kappa shape index (κ2) is 4.48. The molecule has 6 heteroatoms. The van der Waals surface area contributed by atoms with Crippen molar-refractivity contribution in [1.29, 1.82) is 0 Å². The summed E-state index contributed by atoms with van der Waals surface area (Å²) in [5.74, 6) is -0.257. The van der Waals surface area contributed by atoms with Crippen molar-refractivity contribution in [2.45, 2.75) is 0 Å². The minimum Gasteiger partial charge on any atom is -0.490 e. The van der Waals surface area contributed by atoms with Crippen molar-refractivity contribution < 1.29 is 17.5 Å². The molecule has 0 aliphatic heterocycles. The van der Waals surface area contributed by atoms with E-state index in [2.05, 4.69) is 0 Å². The zero-order valence-electron chi connectivity index (χ0n) is 8.23. The Morgan fingerprint density at radius 3 is 2.67 bits per heavy atom. The van der Waals surface area contributed by atoms with Crippen LogP contribution in [0.25, 0.3) is 0 Å². The second-order valence-electron chi connectivity index (χ2n) is 3.16. The zero-order chi connectivity index (χ0) is 11.5. The largest absolute Gasteiger partial charge is 0.490 e. The summed E-state index contributed by atoms with van der Waals surface area (Å²) in [6.45, 7) is 0.00860. The van der Waals surface area contributed by atoms with Crippen LogP contribution in [0.1, 0.15) is 0 Å². The van der Waals surface area contributed by atoms with E-state index in [1.807, 2.05) is 0 Å². The van der Waals surface area contributed by atoms with Gasteiger partial charge in [0, 0.05) is 12.3 Å². The highest BCUT2D eigenvalue weighted by atomic mass is 32.2. The molecular weight excluding hydrogens is 221 g/mol. The van der Waals surface area contributed by atoms with Crippen LogP contribution in [-0.2, 0) is 9.84 Å². The summed E-state index contributed by atoms with van der Waals surface area (Å²) in [6, 6.07) is 3.69. The molecule has 15 heavy (non-hydrogen) atoms. The summed E-state index contributed by atoms with van der Waals surface area (Å²) < 4.78 is 39.3. The number of anilines is 1. The fourth-order valence-corrected chi connectivity index (χ4v) is 1.34. The lowest BCUT2D eigenvalue weighted by atomic mass is 10.3. The van der Waals surface area contributed by atoms with Crippen LogP contribution in [0.2, 0.25) is 0 Å². The van der Waals surface area contributed by atoms with Crippen LogP contribution in [0.15, 0.2) is 18.2 Å². The van der Waals surface area contributed by atoms with Crippen LogP contribution in [0, 0.1) is 5.82 Å². The van der Waals surface area contributed by atoms with Gasteiger partial charge in [-0.25, -0.2) is 12.8 Å². The van der Waals surface area contributed by atoms with E-state index >= 15 is 0 Å². The zero-order valence-corrected chi connectivity index (χ0v) is 9.05. The smallest absolute Gasteiger partial charge is 0.150 e. The maximum atomic E-state index is 12.6. The summed E-state index contributed by atoms with van der Waals surface area (Å²) in [4.78, 5) is 0. The van der Waals surface area contributed by atoms with Gasteiger partial charge in [-0.05, 0) is 12.1 Å². The summed E-state index contributed by atoms with van der Waals surface area (Å²) in [5, 5.41) is 0. The normalized spacial score (nSPS) is 11.3. The number of nitrogen functional groups attached to an aromatic ring is 1. The van der Waals surface area contributed by atoms with Gasteiger partial charge in [0.05, 0.1) is 11.4 Å². The van der Waals surface area contributed by atoms with Gasteiger partial charge in [0.1, 0.15) is 18.2 Å². The number of halogens is 1. The van der Waals surface area contributed by atoms with Crippen molar-refractivity contribution in [2.24, 2.45) is 0 Å². The molecule has 0 heterocycles. The predicted octanol–water partition coefficient (Wildman–Crippen LogP) is 0.831. The molecule has 84 valence electrons. The first-order valence-electron chi connectivity index (χ1n) is 4.24. The molecule has 1 rings (SSSR count). The molecule has 0 atom stereocenters.